The van der Waals surface area contributed by atoms with Crippen molar-refractivity contribution in [2.75, 3.05) is 7.11 Å². The summed E-state index contributed by atoms with van der Waals surface area (Å²) in [6.45, 7) is 1.95. The highest BCUT2D eigenvalue weighted by Crippen LogP contribution is 2.36. The lowest BCUT2D eigenvalue weighted by atomic mass is 10.2. The molecule has 0 aliphatic heterocycles. The molecule has 3 rings (SSSR count). The van der Waals surface area contributed by atoms with Crippen LogP contribution in [-0.4, -0.2) is 23.0 Å². The summed E-state index contributed by atoms with van der Waals surface area (Å²) >= 11 is 1.29. The van der Waals surface area contributed by atoms with Crippen LogP contribution in [-0.2, 0) is 17.3 Å². The van der Waals surface area contributed by atoms with Gasteiger partial charge in [0, 0.05) is 11.1 Å². The number of carbonyl (C=O) groups is 1. The van der Waals surface area contributed by atoms with Crippen molar-refractivity contribution in [3.63, 3.8) is 0 Å². The Bertz CT molecular complexity index is 968. The number of hydrogen-bond donors (Lipinski definition) is 0. The zero-order chi connectivity index (χ0) is 20.3. The van der Waals surface area contributed by atoms with Gasteiger partial charge in [-0.2, -0.15) is 13.2 Å². The fourth-order valence-electron chi connectivity index (χ4n) is 2.40. The van der Waals surface area contributed by atoms with Gasteiger partial charge in [-0.05, 0) is 42.8 Å². The van der Waals surface area contributed by atoms with Crippen LogP contribution >= 0.6 is 11.3 Å². The molecule has 0 aliphatic rings. The third-order valence-electron chi connectivity index (χ3n) is 3.81. The maximum Gasteiger partial charge on any atom is 0.416 e. The lowest BCUT2D eigenvalue weighted by molar-refractivity contribution is -0.137. The Labute approximate surface area is 162 Å². The van der Waals surface area contributed by atoms with E-state index in [2.05, 4.69) is 14.7 Å². The van der Waals surface area contributed by atoms with Crippen LogP contribution in [0.5, 0.6) is 10.9 Å². The van der Waals surface area contributed by atoms with Crippen LogP contribution in [0.2, 0.25) is 0 Å². The van der Waals surface area contributed by atoms with Gasteiger partial charge in [0.25, 0.3) is 5.19 Å². The number of pyridine rings is 1. The number of carbonyl (C=O) groups excluding carboxylic acids is 1. The Balaban J connectivity index is 1.83. The van der Waals surface area contributed by atoms with Crippen LogP contribution in [0.25, 0.3) is 11.4 Å². The fourth-order valence-corrected chi connectivity index (χ4v) is 3.28. The summed E-state index contributed by atoms with van der Waals surface area (Å²) < 4.78 is 48.2. The first-order valence-electron chi connectivity index (χ1n) is 8.21. The molecular formula is C19H15F3N2O3S. The van der Waals surface area contributed by atoms with E-state index in [0.717, 1.165) is 17.0 Å². The van der Waals surface area contributed by atoms with Crippen LogP contribution in [0.4, 0.5) is 13.2 Å². The molecule has 0 fully saturated rings. The van der Waals surface area contributed by atoms with E-state index in [1.165, 1.54) is 36.8 Å². The molecule has 9 heteroatoms. The molecule has 1 aromatic carbocycles. The lowest BCUT2D eigenvalue weighted by Gasteiger charge is -2.07. The quantitative estimate of drug-likeness (QED) is 0.532. The highest BCUT2D eigenvalue weighted by atomic mass is 32.1. The van der Waals surface area contributed by atoms with Crippen molar-refractivity contribution in [1.82, 2.24) is 9.97 Å². The highest BCUT2D eigenvalue weighted by Gasteiger charge is 2.30. The maximum atomic E-state index is 12.7. The highest BCUT2D eigenvalue weighted by molar-refractivity contribution is 7.13. The third kappa shape index (κ3) is 4.30. The molecule has 0 aliphatic carbocycles. The molecule has 0 saturated heterocycles. The number of aromatic nitrogens is 2. The number of methoxy groups -OCH3 is 1. The summed E-state index contributed by atoms with van der Waals surface area (Å²) in [7, 11) is 1.29. The van der Waals surface area contributed by atoms with Crippen LogP contribution in [0.15, 0.2) is 42.6 Å². The van der Waals surface area contributed by atoms with Gasteiger partial charge in [0.2, 0.25) is 0 Å². The Morgan fingerprint density at radius 2 is 1.86 bits per heavy atom. The summed E-state index contributed by atoms with van der Waals surface area (Å²) in [6.07, 6.45) is -2.33. The van der Waals surface area contributed by atoms with E-state index >= 15 is 0 Å². The second-order valence-electron chi connectivity index (χ2n) is 5.65. The molecule has 0 spiro atoms. The van der Waals surface area contributed by atoms with Gasteiger partial charge < -0.3 is 9.47 Å². The summed E-state index contributed by atoms with van der Waals surface area (Å²) in [4.78, 5) is 21.1. The number of nitrogens with zero attached hydrogens (tertiary/aromatic N) is 2. The third-order valence-corrected chi connectivity index (χ3v) is 4.89. The summed E-state index contributed by atoms with van der Waals surface area (Å²) in [6, 6.07) is 7.65. The van der Waals surface area contributed by atoms with E-state index in [1.54, 1.807) is 12.1 Å². The van der Waals surface area contributed by atoms with Crippen LogP contribution in [0.3, 0.4) is 0 Å². The minimum absolute atomic E-state index is 0.255. The van der Waals surface area contributed by atoms with E-state index in [-0.39, 0.29) is 5.75 Å². The average molecular weight is 408 g/mol. The minimum Gasteiger partial charge on any atom is -0.465 e. The summed E-state index contributed by atoms with van der Waals surface area (Å²) in [5.41, 5.74) is 0.735. The lowest BCUT2D eigenvalue weighted by Crippen LogP contribution is -2.03. The van der Waals surface area contributed by atoms with Crippen molar-refractivity contribution in [1.29, 1.82) is 0 Å². The Kier molecular flexibility index (Phi) is 5.64. The Hall–Kier alpha value is -2.94. The van der Waals surface area contributed by atoms with Gasteiger partial charge in [0.1, 0.15) is 11.4 Å². The molecule has 2 aromatic heterocycles. The van der Waals surface area contributed by atoms with Crippen LogP contribution in [0.1, 0.15) is 27.7 Å². The molecule has 5 nitrogen and oxygen atoms in total. The van der Waals surface area contributed by atoms with E-state index < -0.39 is 17.7 Å². The molecule has 0 saturated carbocycles. The molecule has 2 heterocycles. The number of esters is 1. The molecule has 3 aromatic rings. The molecule has 0 atom stereocenters. The number of thiazole rings is 1. The molecular weight excluding hydrogens is 393 g/mol. The van der Waals surface area contributed by atoms with Gasteiger partial charge in [-0.3, -0.25) is 4.98 Å². The molecule has 0 bridgehead atoms. The van der Waals surface area contributed by atoms with E-state index in [0.29, 0.717) is 28.6 Å². The number of hydrogen-bond acceptors (Lipinski definition) is 6. The first-order chi connectivity index (χ1) is 13.3. The van der Waals surface area contributed by atoms with Gasteiger partial charge >= 0.3 is 12.1 Å². The van der Waals surface area contributed by atoms with Crippen molar-refractivity contribution < 1.29 is 27.4 Å². The normalized spacial score (nSPS) is 11.3. The van der Waals surface area contributed by atoms with Gasteiger partial charge in [-0.25, -0.2) is 9.78 Å². The van der Waals surface area contributed by atoms with Crippen molar-refractivity contribution >= 4 is 17.3 Å². The molecule has 0 radical (unpaired) electrons. The van der Waals surface area contributed by atoms with Gasteiger partial charge in [-0.15, -0.1) is 0 Å². The Morgan fingerprint density at radius 3 is 2.39 bits per heavy atom. The average Bonchev–Trinajstić information content (AvgIpc) is 3.10. The molecule has 0 amide bonds. The van der Waals surface area contributed by atoms with Gasteiger partial charge in [0.15, 0.2) is 0 Å². The summed E-state index contributed by atoms with van der Waals surface area (Å²) in [5, 5.41) is 0.297. The smallest absolute Gasteiger partial charge is 0.416 e. The van der Waals surface area contributed by atoms with E-state index in [4.69, 9.17) is 4.74 Å². The number of halogens is 3. The van der Waals surface area contributed by atoms with Crippen molar-refractivity contribution in [2.24, 2.45) is 0 Å². The number of alkyl halides is 3. The van der Waals surface area contributed by atoms with Crippen molar-refractivity contribution in [3.05, 3.63) is 58.6 Å². The number of aryl methyl sites for hydroxylation is 1. The van der Waals surface area contributed by atoms with Crippen LogP contribution < -0.4 is 4.74 Å². The van der Waals surface area contributed by atoms with Crippen LogP contribution in [0, 0.1) is 0 Å². The standard InChI is InChI=1S/C19H15F3N2O3S/c1-3-15-16(14-9-4-11(10-23-14)17(25)26-2)24-18(28-15)27-13-7-5-12(6-8-13)19(20,21)22/h4-10H,3H2,1-2H3. The largest absolute Gasteiger partial charge is 0.465 e. The minimum atomic E-state index is -4.40. The van der Waals surface area contributed by atoms with E-state index in [1.807, 2.05) is 6.92 Å². The first-order valence-corrected chi connectivity index (χ1v) is 9.03. The predicted octanol–water partition coefficient (Wildman–Crippen LogP) is 5.37. The second kappa shape index (κ2) is 7.97. The Morgan fingerprint density at radius 1 is 1.14 bits per heavy atom. The van der Waals surface area contributed by atoms with Crippen molar-refractivity contribution in [3.8, 4) is 22.3 Å². The fraction of sp³-hybridized carbons (Fsp3) is 0.211. The van der Waals surface area contributed by atoms with E-state index in [9.17, 15) is 18.0 Å². The zero-order valence-electron chi connectivity index (χ0n) is 14.9. The molecule has 0 unspecified atom stereocenters. The number of ether oxygens (including phenoxy) is 2. The topological polar surface area (TPSA) is 61.3 Å². The van der Waals surface area contributed by atoms with Crippen molar-refractivity contribution in [2.45, 2.75) is 19.5 Å². The molecule has 146 valence electrons. The molecule has 28 heavy (non-hydrogen) atoms. The second-order valence-corrected chi connectivity index (χ2v) is 6.70. The maximum absolute atomic E-state index is 12.7. The zero-order valence-corrected chi connectivity index (χ0v) is 15.7. The predicted molar refractivity (Wildman–Crippen MR) is 97.6 cm³/mol. The monoisotopic (exact) mass is 408 g/mol. The van der Waals surface area contributed by atoms with Gasteiger partial charge in [0.05, 0.1) is 23.9 Å². The first kappa shape index (κ1) is 19.8. The van der Waals surface area contributed by atoms with Gasteiger partial charge in [-0.1, -0.05) is 18.3 Å². The number of benzene rings is 1. The number of rotatable bonds is 5. The SMILES string of the molecule is CCc1sc(Oc2ccc(C(F)(F)F)cc2)nc1-c1ccc(C(=O)OC)cn1. The molecule has 0 N–H and O–H groups in total. The summed E-state index contributed by atoms with van der Waals surface area (Å²) in [5.74, 6) is -0.232.